The van der Waals surface area contributed by atoms with Gasteiger partial charge < -0.3 is 68.4 Å². The molecule has 0 aromatic rings. The lowest BCUT2D eigenvalue weighted by Gasteiger charge is -2.19. The van der Waals surface area contributed by atoms with Crippen molar-refractivity contribution in [3.05, 3.63) is 47.9 Å². The third-order valence-electron chi connectivity index (χ3n) is 5.37. The summed E-state index contributed by atoms with van der Waals surface area (Å²) in [4.78, 5) is 28.2. The first-order valence-corrected chi connectivity index (χ1v) is 11.3. The molecule has 0 bridgehead atoms. The normalized spacial score (nSPS) is 14.7. The Morgan fingerprint density at radius 3 is 1.38 bits per heavy atom. The van der Waals surface area contributed by atoms with Gasteiger partial charge in [-0.15, -0.1) is 0 Å². The molecule has 2 aliphatic rings. The van der Waals surface area contributed by atoms with Gasteiger partial charge in [-0.25, -0.2) is 0 Å². The van der Waals surface area contributed by atoms with Gasteiger partial charge in [-0.2, -0.15) is 0 Å². The fourth-order valence-electron chi connectivity index (χ4n) is 3.60. The summed E-state index contributed by atoms with van der Waals surface area (Å²) in [6.45, 7) is 2.87. The lowest BCUT2D eigenvalue weighted by Crippen LogP contribution is -3.00. The largest absolute Gasteiger partial charge is 1.00 e. The molecule has 32 heavy (non-hydrogen) atoms. The van der Waals surface area contributed by atoms with Crippen LogP contribution in [0.1, 0.15) is 51.4 Å². The highest BCUT2D eigenvalue weighted by Gasteiger charge is 2.12. The van der Waals surface area contributed by atoms with Gasteiger partial charge in [-0.05, 0) is 37.4 Å². The van der Waals surface area contributed by atoms with Gasteiger partial charge in [-0.1, -0.05) is 50.7 Å². The van der Waals surface area contributed by atoms with E-state index in [2.05, 4.69) is 10.6 Å². The maximum atomic E-state index is 12.1. The van der Waals surface area contributed by atoms with E-state index in [1.165, 1.54) is 25.7 Å². The maximum Gasteiger partial charge on any atom is 0.249 e. The minimum absolute atomic E-state index is 0. The van der Waals surface area contributed by atoms with Crippen LogP contribution in [0.3, 0.4) is 0 Å². The third kappa shape index (κ3) is 12.9. The number of halogens is 2. The highest BCUT2D eigenvalue weighted by atomic mass is 127. The molecule has 0 radical (unpaired) electrons. The lowest BCUT2D eigenvalue weighted by atomic mass is 10.1. The Hall–Kier alpha value is -1.04. The summed E-state index contributed by atoms with van der Waals surface area (Å²) in [5.74, 6) is 0.114. The molecule has 0 aromatic heterocycles. The van der Waals surface area contributed by atoms with E-state index in [1.807, 2.05) is 60.6 Å². The second-order valence-electron chi connectivity index (χ2n) is 8.24. The van der Waals surface area contributed by atoms with E-state index >= 15 is 0 Å². The summed E-state index contributed by atoms with van der Waals surface area (Å²) in [6.07, 6.45) is 20.9. The summed E-state index contributed by atoms with van der Waals surface area (Å²) >= 11 is 0. The molecule has 0 saturated carbocycles. The first-order valence-electron chi connectivity index (χ1n) is 11.3. The number of unbranched alkanes of at least 4 members (excludes halogenated alkanes) is 7. The summed E-state index contributed by atoms with van der Waals surface area (Å²) in [7, 11) is 3.94. The Balaban J connectivity index is 0.00000480. The van der Waals surface area contributed by atoms with Crippen molar-refractivity contribution in [2.75, 3.05) is 40.3 Å². The number of nitrogens with one attached hydrogen (secondary N) is 2. The van der Waals surface area contributed by atoms with Gasteiger partial charge in [0.2, 0.25) is 11.8 Å². The Bertz CT molecular complexity index is 631. The van der Waals surface area contributed by atoms with E-state index in [4.69, 9.17) is 0 Å². The lowest BCUT2D eigenvalue weighted by molar-refractivity contribution is -0.118. The zero-order chi connectivity index (χ0) is 21.6. The van der Waals surface area contributed by atoms with E-state index in [-0.39, 0.29) is 59.8 Å². The van der Waals surface area contributed by atoms with Gasteiger partial charge in [0.15, 0.2) is 0 Å². The molecule has 0 spiro atoms. The van der Waals surface area contributed by atoms with Crippen molar-refractivity contribution in [2.45, 2.75) is 51.4 Å². The summed E-state index contributed by atoms with van der Waals surface area (Å²) in [5, 5.41) is 6.04. The summed E-state index contributed by atoms with van der Waals surface area (Å²) < 4.78 is 0. The SMILES string of the molecule is CN1C=CC=C(C(=O)NCCCCCCCCCCNC(=O)C2=CC=CN(C)C2)C1.[I-].[I-]. The minimum atomic E-state index is 0. The number of carbonyl (C=O) groups is 2. The molecule has 6 nitrogen and oxygen atoms in total. The van der Waals surface area contributed by atoms with Gasteiger partial charge in [0.05, 0.1) is 0 Å². The zero-order valence-corrected chi connectivity index (χ0v) is 23.7. The van der Waals surface area contributed by atoms with Crippen LogP contribution in [0.2, 0.25) is 0 Å². The number of nitrogens with zero attached hydrogens (tertiary/aromatic N) is 2. The molecule has 2 heterocycles. The van der Waals surface area contributed by atoms with Crippen LogP contribution >= 0.6 is 0 Å². The molecule has 2 amide bonds. The van der Waals surface area contributed by atoms with Crippen LogP contribution in [-0.2, 0) is 9.59 Å². The maximum absolute atomic E-state index is 12.1. The van der Waals surface area contributed by atoms with Crippen molar-refractivity contribution < 1.29 is 57.5 Å². The molecule has 8 heteroatoms. The predicted molar refractivity (Wildman–Crippen MR) is 123 cm³/mol. The molecule has 0 aromatic carbocycles. The number of allylic oxidation sites excluding steroid dienone is 4. The molecular formula is C24H38I2N4O2-2. The fraction of sp³-hybridized carbons (Fsp3) is 0.583. The smallest absolute Gasteiger partial charge is 0.249 e. The first-order chi connectivity index (χ1) is 14.6. The van der Waals surface area contributed by atoms with Crippen molar-refractivity contribution in [3.8, 4) is 0 Å². The molecule has 182 valence electrons. The van der Waals surface area contributed by atoms with Crippen LogP contribution in [0.15, 0.2) is 47.9 Å². The Morgan fingerprint density at radius 1 is 0.688 bits per heavy atom. The average molecular weight is 668 g/mol. The fourth-order valence-corrected chi connectivity index (χ4v) is 3.60. The van der Waals surface area contributed by atoms with Crippen LogP contribution in [0.4, 0.5) is 0 Å². The van der Waals surface area contributed by atoms with Crippen molar-refractivity contribution in [2.24, 2.45) is 0 Å². The molecule has 0 aliphatic carbocycles. The summed E-state index contributed by atoms with van der Waals surface area (Å²) in [6, 6.07) is 0. The Labute approximate surface area is 228 Å². The number of hydrogen-bond donors (Lipinski definition) is 2. The quantitative estimate of drug-likeness (QED) is 0.164. The Kier molecular flexibility index (Phi) is 17.8. The second-order valence-corrected chi connectivity index (χ2v) is 8.24. The van der Waals surface area contributed by atoms with Crippen molar-refractivity contribution in [1.82, 2.24) is 20.4 Å². The molecule has 0 atom stereocenters. The van der Waals surface area contributed by atoms with Crippen LogP contribution in [0, 0.1) is 0 Å². The first kappa shape index (κ1) is 31.0. The highest BCUT2D eigenvalue weighted by molar-refractivity contribution is 5.94. The Morgan fingerprint density at radius 2 is 1.03 bits per heavy atom. The van der Waals surface area contributed by atoms with E-state index in [1.54, 1.807) is 0 Å². The zero-order valence-electron chi connectivity index (χ0n) is 19.4. The molecule has 2 aliphatic heterocycles. The monoisotopic (exact) mass is 668 g/mol. The van der Waals surface area contributed by atoms with Gasteiger partial charge in [0.25, 0.3) is 0 Å². The van der Waals surface area contributed by atoms with Gasteiger partial charge in [0, 0.05) is 51.4 Å². The molecule has 0 unspecified atom stereocenters. The molecule has 0 fully saturated rings. The minimum Gasteiger partial charge on any atom is -1.00 e. The topological polar surface area (TPSA) is 64.7 Å². The number of rotatable bonds is 13. The number of amides is 2. The number of hydrogen-bond acceptors (Lipinski definition) is 4. The van der Waals surface area contributed by atoms with Gasteiger partial charge in [0.1, 0.15) is 0 Å². The second kappa shape index (κ2) is 18.4. The van der Waals surface area contributed by atoms with Gasteiger partial charge >= 0.3 is 0 Å². The van der Waals surface area contributed by atoms with Crippen LogP contribution in [-0.4, -0.2) is 61.9 Å². The highest BCUT2D eigenvalue weighted by Crippen LogP contribution is 2.09. The van der Waals surface area contributed by atoms with E-state index < -0.39 is 0 Å². The molecule has 2 rings (SSSR count). The van der Waals surface area contributed by atoms with Crippen LogP contribution in [0.5, 0.6) is 0 Å². The third-order valence-corrected chi connectivity index (χ3v) is 5.37. The summed E-state index contributed by atoms with van der Waals surface area (Å²) in [5.41, 5.74) is 1.66. The van der Waals surface area contributed by atoms with E-state index in [0.717, 1.165) is 49.9 Å². The van der Waals surface area contributed by atoms with Crippen molar-refractivity contribution in [3.63, 3.8) is 0 Å². The molecule has 0 saturated heterocycles. The standard InChI is InChI=1S/C24H38N4O2.2HI/c1-27-17-11-13-21(19-27)23(29)25-15-9-7-5-3-4-6-8-10-16-26-24(30)22-14-12-18-28(2)20-22;;/h11-14,17-18H,3-10,15-16,19-20H2,1-2H3,(H,25,29)(H,26,30);2*1H/p-2. The van der Waals surface area contributed by atoms with Crippen molar-refractivity contribution in [1.29, 1.82) is 0 Å². The van der Waals surface area contributed by atoms with Crippen LogP contribution < -0.4 is 58.6 Å². The van der Waals surface area contributed by atoms with Gasteiger partial charge in [-0.3, -0.25) is 9.59 Å². The predicted octanol–water partition coefficient (Wildman–Crippen LogP) is -2.88. The van der Waals surface area contributed by atoms with E-state index in [0.29, 0.717) is 13.1 Å². The number of carbonyl (C=O) groups excluding carboxylic acids is 2. The average Bonchev–Trinajstić information content (AvgIpc) is 2.74. The van der Waals surface area contributed by atoms with E-state index in [9.17, 15) is 9.59 Å². The van der Waals surface area contributed by atoms with Crippen molar-refractivity contribution >= 4 is 11.8 Å². The number of likely N-dealkylation sites (N-methyl/N-ethyl adjacent to an activating group) is 2. The van der Waals surface area contributed by atoms with Crippen LogP contribution in [0.25, 0.3) is 0 Å². The molecule has 2 N–H and O–H groups in total. The molecular weight excluding hydrogens is 630 g/mol.